The Balaban J connectivity index is 1.39. The Kier molecular flexibility index (Phi) is 9.42. The molecule has 2 atom stereocenters. The number of carbonyl (C=O) groups excluding carboxylic acids is 1. The smallest absolute Gasteiger partial charge is 0.271 e. The van der Waals surface area contributed by atoms with Gasteiger partial charge < -0.3 is 14.3 Å². The Bertz CT molecular complexity index is 2030. The van der Waals surface area contributed by atoms with Crippen molar-refractivity contribution in [3.63, 3.8) is 0 Å². The fourth-order valence-corrected chi connectivity index (χ4v) is 9.24. The molecule has 2 saturated heterocycles. The number of sulfonamides is 1. The number of carbonyl (C=O) groups is 1. The van der Waals surface area contributed by atoms with Gasteiger partial charge in [-0.25, -0.2) is 17.7 Å². The summed E-state index contributed by atoms with van der Waals surface area (Å²) < 4.78 is 41.8. The van der Waals surface area contributed by atoms with Crippen molar-refractivity contribution in [2.75, 3.05) is 57.3 Å². The molecule has 260 valence electrons. The zero-order valence-corrected chi connectivity index (χ0v) is 29.1. The first-order valence-corrected chi connectivity index (χ1v) is 18.3. The molecule has 14 heteroatoms. The number of anilines is 1. The number of halogens is 1. The van der Waals surface area contributed by atoms with Crippen molar-refractivity contribution in [3.8, 4) is 11.8 Å². The van der Waals surface area contributed by atoms with Crippen LogP contribution in [0.3, 0.4) is 0 Å². The van der Waals surface area contributed by atoms with E-state index in [9.17, 15) is 18.8 Å². The number of amides is 1. The Morgan fingerprint density at radius 3 is 2.48 bits per heavy atom. The number of methoxy groups -OCH3 is 1. The van der Waals surface area contributed by atoms with Crippen LogP contribution in [0.2, 0.25) is 5.02 Å². The van der Waals surface area contributed by atoms with Crippen LogP contribution in [0.25, 0.3) is 0 Å². The summed E-state index contributed by atoms with van der Waals surface area (Å²) in [4.78, 5) is 26.3. The molecule has 2 fully saturated rings. The van der Waals surface area contributed by atoms with Crippen molar-refractivity contribution >= 4 is 33.2 Å². The molecule has 1 amide bonds. The number of nitriles is 1. The third-order valence-electron chi connectivity index (χ3n) is 9.95. The van der Waals surface area contributed by atoms with Gasteiger partial charge in [0, 0.05) is 62.0 Å². The van der Waals surface area contributed by atoms with E-state index < -0.39 is 27.5 Å². The van der Waals surface area contributed by atoms with Gasteiger partial charge in [-0.3, -0.25) is 19.5 Å². The number of benzene rings is 3. The number of nitrogens with zero attached hydrogens (tertiary/aromatic N) is 6. The highest BCUT2D eigenvalue weighted by Crippen LogP contribution is 2.56. The van der Waals surface area contributed by atoms with Gasteiger partial charge in [0.2, 0.25) is 5.89 Å². The highest BCUT2D eigenvalue weighted by Gasteiger charge is 2.62. The number of ether oxygens (including phenoxy) is 1. The molecule has 4 heterocycles. The lowest BCUT2D eigenvalue weighted by Crippen LogP contribution is -2.54. The number of aliphatic hydroxyl groups excluding tert-OH is 1. The number of aromatic nitrogens is 1. The van der Waals surface area contributed by atoms with Gasteiger partial charge in [-0.2, -0.15) is 5.26 Å². The lowest BCUT2D eigenvalue weighted by Gasteiger charge is -2.41. The minimum atomic E-state index is -4.48. The summed E-state index contributed by atoms with van der Waals surface area (Å²) in [5.74, 6) is 0.141. The summed E-state index contributed by atoms with van der Waals surface area (Å²) in [6.45, 7) is 5.25. The molecule has 0 saturated carbocycles. The van der Waals surface area contributed by atoms with Crippen LogP contribution in [-0.4, -0.2) is 92.1 Å². The van der Waals surface area contributed by atoms with Crippen LogP contribution >= 0.6 is 11.6 Å². The molecule has 0 aliphatic carbocycles. The normalized spacial score (nSPS) is 21.8. The first kappa shape index (κ1) is 34.2. The molecule has 50 heavy (non-hydrogen) atoms. The van der Waals surface area contributed by atoms with Gasteiger partial charge in [0.05, 0.1) is 48.2 Å². The van der Waals surface area contributed by atoms with Gasteiger partial charge in [-0.05, 0) is 66.9 Å². The lowest BCUT2D eigenvalue weighted by atomic mass is 9.80. The van der Waals surface area contributed by atoms with E-state index in [-0.39, 0.29) is 17.2 Å². The first-order valence-electron chi connectivity index (χ1n) is 16.5. The number of likely N-dealkylation sites (tertiary alicyclic amines) is 1. The monoisotopic (exact) mass is 716 g/mol. The molecule has 0 spiro atoms. The van der Waals surface area contributed by atoms with Crippen LogP contribution in [0.4, 0.5) is 5.69 Å². The maximum absolute atomic E-state index is 15.5. The standard InChI is InChI=1S/C36H37ClN6O6S/c1-48-33-21-26(24-41-16-14-40(15-17-41)18-19-44)6-10-29(33)36(42-13-2-3-32(42)34-39-12-20-49-34)30-22-27(37)7-11-31(30)43(35(36)45)50(46,47)28-8-4-25(23-38)5-9-28/h4-12,20-22,32,44H,2-3,13-19,24H2,1H3. The van der Waals surface area contributed by atoms with E-state index in [2.05, 4.69) is 14.8 Å². The summed E-state index contributed by atoms with van der Waals surface area (Å²) in [5, 5.41) is 19.0. The molecule has 0 bridgehead atoms. The molecule has 2 unspecified atom stereocenters. The molecule has 1 aromatic heterocycles. The minimum absolute atomic E-state index is 0.131. The molecular weight excluding hydrogens is 680 g/mol. The average Bonchev–Trinajstić information content (AvgIpc) is 3.88. The highest BCUT2D eigenvalue weighted by molar-refractivity contribution is 7.93. The van der Waals surface area contributed by atoms with E-state index in [0.717, 1.165) is 36.0 Å². The zero-order valence-electron chi connectivity index (χ0n) is 27.5. The second-order valence-electron chi connectivity index (χ2n) is 12.7. The van der Waals surface area contributed by atoms with E-state index in [0.29, 0.717) is 65.8 Å². The lowest BCUT2D eigenvalue weighted by molar-refractivity contribution is -0.127. The van der Waals surface area contributed by atoms with Crippen molar-refractivity contribution in [1.82, 2.24) is 19.7 Å². The summed E-state index contributed by atoms with van der Waals surface area (Å²) in [7, 11) is -2.93. The van der Waals surface area contributed by atoms with Gasteiger partial charge in [-0.15, -0.1) is 0 Å². The summed E-state index contributed by atoms with van der Waals surface area (Å²) >= 11 is 6.66. The molecule has 3 aromatic carbocycles. The van der Waals surface area contributed by atoms with E-state index in [1.165, 1.54) is 30.5 Å². The Morgan fingerprint density at radius 1 is 1.04 bits per heavy atom. The zero-order chi connectivity index (χ0) is 35.0. The quantitative estimate of drug-likeness (QED) is 0.253. The molecule has 1 N–H and O–H groups in total. The Labute approximate surface area is 296 Å². The second-order valence-corrected chi connectivity index (χ2v) is 14.9. The highest BCUT2D eigenvalue weighted by atomic mass is 35.5. The minimum Gasteiger partial charge on any atom is -0.496 e. The van der Waals surface area contributed by atoms with Crippen molar-refractivity contribution < 1.29 is 27.5 Å². The Hall–Kier alpha value is -4.29. The van der Waals surface area contributed by atoms with E-state index in [1.54, 1.807) is 31.5 Å². The third kappa shape index (κ3) is 5.75. The maximum Gasteiger partial charge on any atom is 0.271 e. The SMILES string of the molecule is COc1cc(CN2CCN(CCO)CC2)ccc1C1(N2CCCC2c2ncco2)C(=O)N(S(=O)(=O)c2ccc(C#N)cc2)c2ccc(Cl)cc21. The molecule has 3 aliphatic heterocycles. The predicted octanol–water partition coefficient (Wildman–Crippen LogP) is 4.13. The fraction of sp³-hybridized carbons (Fsp3) is 0.361. The molecular formula is C36H37ClN6O6S. The largest absolute Gasteiger partial charge is 0.496 e. The van der Waals surface area contributed by atoms with Gasteiger partial charge in [-0.1, -0.05) is 23.7 Å². The van der Waals surface area contributed by atoms with Crippen molar-refractivity contribution in [2.24, 2.45) is 0 Å². The second kappa shape index (κ2) is 13.8. The van der Waals surface area contributed by atoms with Crippen LogP contribution in [0.5, 0.6) is 5.75 Å². The van der Waals surface area contributed by atoms with Gasteiger partial charge in [0.1, 0.15) is 12.0 Å². The van der Waals surface area contributed by atoms with Crippen LogP contribution < -0.4 is 9.04 Å². The van der Waals surface area contributed by atoms with Gasteiger partial charge >= 0.3 is 0 Å². The van der Waals surface area contributed by atoms with Crippen LogP contribution in [0, 0.1) is 11.3 Å². The molecule has 7 rings (SSSR count). The van der Waals surface area contributed by atoms with Gasteiger partial charge in [0.15, 0.2) is 5.54 Å². The molecule has 0 radical (unpaired) electrons. The summed E-state index contributed by atoms with van der Waals surface area (Å²) in [6, 6.07) is 17.6. The predicted molar refractivity (Wildman–Crippen MR) is 185 cm³/mol. The number of fused-ring (bicyclic) bond motifs is 1. The number of β-amino-alcohol motifs (C(OH)–C–C–N with tert-alkyl or cyclic N) is 1. The van der Waals surface area contributed by atoms with E-state index in [1.807, 2.05) is 29.2 Å². The number of rotatable bonds is 10. The number of hydrogen-bond donors (Lipinski definition) is 1. The first-order chi connectivity index (χ1) is 24.2. The number of oxazole rings is 1. The molecule has 4 aromatic rings. The van der Waals surface area contributed by atoms with Crippen LogP contribution in [0.1, 0.15) is 47.0 Å². The molecule has 12 nitrogen and oxygen atoms in total. The van der Waals surface area contributed by atoms with Crippen LogP contribution in [0.15, 0.2) is 82.4 Å². The van der Waals surface area contributed by atoms with Crippen molar-refractivity contribution in [2.45, 2.75) is 35.9 Å². The average molecular weight is 717 g/mol. The number of aliphatic hydroxyl groups is 1. The molecule has 3 aliphatic rings. The number of hydrogen-bond acceptors (Lipinski definition) is 11. The van der Waals surface area contributed by atoms with E-state index >= 15 is 4.79 Å². The fourth-order valence-electron chi connectivity index (χ4n) is 7.61. The van der Waals surface area contributed by atoms with Gasteiger partial charge in [0.25, 0.3) is 15.9 Å². The van der Waals surface area contributed by atoms with Crippen molar-refractivity contribution in [1.29, 1.82) is 5.26 Å². The third-order valence-corrected chi connectivity index (χ3v) is 11.9. The Morgan fingerprint density at radius 2 is 1.80 bits per heavy atom. The number of piperazine rings is 1. The van der Waals surface area contributed by atoms with Crippen molar-refractivity contribution in [3.05, 3.63) is 106 Å². The van der Waals surface area contributed by atoms with Crippen LogP contribution in [-0.2, 0) is 26.9 Å². The maximum atomic E-state index is 15.5. The summed E-state index contributed by atoms with van der Waals surface area (Å²) in [6.07, 6.45) is 4.36. The summed E-state index contributed by atoms with van der Waals surface area (Å²) in [5.41, 5.74) is 0.614. The van der Waals surface area contributed by atoms with E-state index in [4.69, 9.17) is 20.8 Å². The topological polar surface area (TPSA) is 143 Å².